The van der Waals surface area contributed by atoms with Gasteiger partial charge in [-0.2, -0.15) is 0 Å². The maximum atomic E-state index is 8.02. The van der Waals surface area contributed by atoms with Crippen molar-refractivity contribution in [2.45, 2.75) is 6.54 Å². The molecule has 3 nitrogen and oxygen atoms in total. The fraction of sp³-hybridized carbons (Fsp3) is 0.154. The molecular formula is C13H14N2O. The molecule has 0 aliphatic carbocycles. The summed E-state index contributed by atoms with van der Waals surface area (Å²) in [5, 5.41) is 8.02. The van der Waals surface area contributed by atoms with Crippen molar-refractivity contribution >= 4 is 5.84 Å². The first-order valence-corrected chi connectivity index (χ1v) is 5.15. The van der Waals surface area contributed by atoms with Gasteiger partial charge < -0.3 is 9.32 Å². The van der Waals surface area contributed by atoms with Crippen LogP contribution in [-0.4, -0.2) is 17.8 Å². The Morgan fingerprint density at radius 3 is 2.56 bits per heavy atom. The van der Waals surface area contributed by atoms with Gasteiger partial charge in [0, 0.05) is 12.6 Å². The monoisotopic (exact) mass is 214 g/mol. The van der Waals surface area contributed by atoms with Gasteiger partial charge in [0.2, 0.25) is 0 Å². The van der Waals surface area contributed by atoms with Gasteiger partial charge in [-0.1, -0.05) is 30.3 Å². The van der Waals surface area contributed by atoms with Gasteiger partial charge in [0.1, 0.15) is 11.6 Å². The van der Waals surface area contributed by atoms with E-state index in [0.717, 1.165) is 11.3 Å². The van der Waals surface area contributed by atoms with Crippen molar-refractivity contribution in [2.24, 2.45) is 0 Å². The number of amidine groups is 1. The van der Waals surface area contributed by atoms with Gasteiger partial charge in [0.05, 0.1) is 12.8 Å². The van der Waals surface area contributed by atoms with E-state index in [1.807, 2.05) is 54.4 Å². The Morgan fingerprint density at radius 2 is 1.94 bits per heavy atom. The van der Waals surface area contributed by atoms with E-state index in [4.69, 9.17) is 9.83 Å². The predicted octanol–water partition coefficient (Wildman–Crippen LogP) is 2.74. The Hall–Kier alpha value is -2.03. The average Bonchev–Trinajstić information content (AvgIpc) is 2.82. The van der Waals surface area contributed by atoms with Gasteiger partial charge >= 0.3 is 0 Å². The number of hydrogen-bond donors (Lipinski definition) is 1. The van der Waals surface area contributed by atoms with Crippen molar-refractivity contribution in [3.8, 4) is 0 Å². The van der Waals surface area contributed by atoms with E-state index in [1.54, 1.807) is 6.26 Å². The highest BCUT2D eigenvalue weighted by molar-refractivity contribution is 5.96. The Bertz CT molecular complexity index is 448. The van der Waals surface area contributed by atoms with Crippen LogP contribution in [-0.2, 0) is 6.54 Å². The van der Waals surface area contributed by atoms with Crippen LogP contribution in [0.15, 0.2) is 53.1 Å². The van der Waals surface area contributed by atoms with Crippen molar-refractivity contribution in [3.63, 3.8) is 0 Å². The van der Waals surface area contributed by atoms with Crippen LogP contribution in [0.25, 0.3) is 0 Å². The minimum absolute atomic E-state index is 0.497. The molecule has 0 unspecified atom stereocenters. The minimum Gasteiger partial charge on any atom is -0.467 e. The molecule has 0 aliphatic heterocycles. The molecule has 1 aromatic carbocycles. The van der Waals surface area contributed by atoms with Crippen LogP contribution in [0, 0.1) is 5.41 Å². The van der Waals surface area contributed by atoms with Crippen LogP contribution < -0.4 is 0 Å². The molecule has 0 bridgehead atoms. The Kier molecular flexibility index (Phi) is 3.05. The summed E-state index contributed by atoms with van der Waals surface area (Å²) in [5.74, 6) is 1.36. The van der Waals surface area contributed by atoms with E-state index in [0.29, 0.717) is 12.4 Å². The maximum Gasteiger partial charge on any atom is 0.128 e. The first-order chi connectivity index (χ1) is 7.77. The molecule has 0 aliphatic rings. The SMILES string of the molecule is CN(Cc1ccco1)C(=N)c1ccccc1. The Labute approximate surface area is 94.8 Å². The Morgan fingerprint density at radius 1 is 1.19 bits per heavy atom. The molecule has 0 atom stereocenters. The van der Waals surface area contributed by atoms with Crippen LogP contribution in [0.4, 0.5) is 0 Å². The van der Waals surface area contributed by atoms with Gasteiger partial charge in [-0.05, 0) is 12.1 Å². The predicted molar refractivity (Wildman–Crippen MR) is 63.4 cm³/mol. The van der Waals surface area contributed by atoms with Crippen LogP contribution in [0.1, 0.15) is 11.3 Å². The van der Waals surface area contributed by atoms with Gasteiger partial charge in [-0.15, -0.1) is 0 Å². The zero-order valence-corrected chi connectivity index (χ0v) is 9.18. The molecule has 2 rings (SSSR count). The molecule has 3 heteroatoms. The first-order valence-electron chi connectivity index (χ1n) is 5.15. The van der Waals surface area contributed by atoms with Crippen LogP contribution in [0.3, 0.4) is 0 Å². The molecule has 1 aromatic heterocycles. The smallest absolute Gasteiger partial charge is 0.128 e. The third-order valence-electron chi connectivity index (χ3n) is 2.40. The molecule has 1 heterocycles. The Balaban J connectivity index is 2.05. The van der Waals surface area contributed by atoms with Crippen molar-refractivity contribution < 1.29 is 4.42 Å². The highest BCUT2D eigenvalue weighted by Crippen LogP contribution is 2.08. The molecule has 0 spiro atoms. The van der Waals surface area contributed by atoms with Crippen molar-refractivity contribution in [3.05, 3.63) is 60.1 Å². The molecule has 0 radical (unpaired) electrons. The number of rotatable bonds is 3. The fourth-order valence-electron chi connectivity index (χ4n) is 1.53. The molecular weight excluding hydrogens is 200 g/mol. The van der Waals surface area contributed by atoms with E-state index in [2.05, 4.69) is 0 Å². The van der Waals surface area contributed by atoms with Crippen molar-refractivity contribution in [1.29, 1.82) is 5.41 Å². The van der Waals surface area contributed by atoms with Gasteiger partial charge in [0.15, 0.2) is 0 Å². The lowest BCUT2D eigenvalue weighted by Crippen LogP contribution is -2.25. The van der Waals surface area contributed by atoms with E-state index < -0.39 is 0 Å². The summed E-state index contributed by atoms with van der Waals surface area (Å²) in [6.45, 7) is 0.612. The standard InChI is InChI=1S/C13H14N2O/c1-15(10-12-8-5-9-16-12)13(14)11-6-3-2-4-7-11/h2-9,14H,10H2,1H3. The van der Waals surface area contributed by atoms with Crippen molar-refractivity contribution in [1.82, 2.24) is 4.90 Å². The van der Waals surface area contributed by atoms with Gasteiger partial charge in [-0.3, -0.25) is 5.41 Å². The fourth-order valence-corrected chi connectivity index (χ4v) is 1.53. The molecule has 0 amide bonds. The van der Waals surface area contributed by atoms with Crippen molar-refractivity contribution in [2.75, 3.05) is 7.05 Å². The van der Waals surface area contributed by atoms with Crippen LogP contribution in [0.2, 0.25) is 0 Å². The lowest BCUT2D eigenvalue weighted by atomic mass is 10.2. The van der Waals surface area contributed by atoms with Crippen LogP contribution in [0.5, 0.6) is 0 Å². The summed E-state index contributed by atoms with van der Waals surface area (Å²) in [4.78, 5) is 1.86. The van der Waals surface area contributed by atoms with E-state index in [1.165, 1.54) is 0 Å². The average molecular weight is 214 g/mol. The number of benzene rings is 1. The summed E-state index contributed by atoms with van der Waals surface area (Å²) in [6.07, 6.45) is 1.65. The molecule has 16 heavy (non-hydrogen) atoms. The molecule has 0 saturated carbocycles. The number of nitrogens with zero attached hydrogens (tertiary/aromatic N) is 1. The largest absolute Gasteiger partial charge is 0.467 e. The van der Waals surface area contributed by atoms with Gasteiger partial charge in [0.25, 0.3) is 0 Å². The summed E-state index contributed by atoms with van der Waals surface area (Å²) >= 11 is 0. The number of nitrogens with one attached hydrogen (secondary N) is 1. The van der Waals surface area contributed by atoms with E-state index in [9.17, 15) is 0 Å². The van der Waals surface area contributed by atoms with Crippen LogP contribution >= 0.6 is 0 Å². The zero-order chi connectivity index (χ0) is 11.4. The van der Waals surface area contributed by atoms with E-state index in [-0.39, 0.29) is 0 Å². The maximum absolute atomic E-state index is 8.02. The quantitative estimate of drug-likeness (QED) is 0.630. The molecule has 82 valence electrons. The molecule has 2 aromatic rings. The summed E-state index contributed by atoms with van der Waals surface area (Å²) in [5.41, 5.74) is 0.913. The topological polar surface area (TPSA) is 40.2 Å². The minimum atomic E-state index is 0.497. The lowest BCUT2D eigenvalue weighted by molar-refractivity contribution is 0.409. The molecule has 0 fully saturated rings. The third-order valence-corrected chi connectivity index (χ3v) is 2.40. The normalized spacial score (nSPS) is 10.1. The second-order valence-electron chi connectivity index (χ2n) is 3.65. The second-order valence-corrected chi connectivity index (χ2v) is 3.65. The second kappa shape index (κ2) is 4.66. The van der Waals surface area contributed by atoms with E-state index >= 15 is 0 Å². The summed E-state index contributed by atoms with van der Waals surface area (Å²) in [7, 11) is 1.89. The van der Waals surface area contributed by atoms with Gasteiger partial charge in [-0.25, -0.2) is 0 Å². The first kappa shape index (κ1) is 10.5. The zero-order valence-electron chi connectivity index (χ0n) is 9.18. The molecule has 0 saturated heterocycles. The highest BCUT2D eigenvalue weighted by atomic mass is 16.3. The highest BCUT2D eigenvalue weighted by Gasteiger charge is 2.08. The number of hydrogen-bond acceptors (Lipinski definition) is 2. The third kappa shape index (κ3) is 2.31. The summed E-state index contributed by atoms with van der Waals surface area (Å²) < 4.78 is 5.25. The lowest BCUT2D eigenvalue weighted by Gasteiger charge is -2.18. The number of furan rings is 1. The summed E-state index contributed by atoms with van der Waals surface area (Å²) in [6, 6.07) is 13.4. The molecule has 1 N–H and O–H groups in total.